The van der Waals surface area contributed by atoms with Gasteiger partial charge >= 0.3 is 0 Å². The molecule has 1 heterocycles. The Kier molecular flexibility index (Phi) is 6.07. The molecule has 0 amide bonds. The molecule has 1 fully saturated rings. The van der Waals surface area contributed by atoms with Gasteiger partial charge < -0.3 is 15.0 Å². The van der Waals surface area contributed by atoms with Crippen LogP contribution < -0.4 is 10.2 Å². The fourth-order valence-electron chi connectivity index (χ4n) is 1.78. The van der Waals surface area contributed by atoms with Crippen molar-refractivity contribution in [2.45, 2.75) is 32.7 Å². The van der Waals surface area contributed by atoms with Crippen LogP contribution in [0.1, 0.15) is 31.1 Å². The van der Waals surface area contributed by atoms with Gasteiger partial charge in [-0.3, -0.25) is 0 Å². The smallest absolute Gasteiger partial charge is 0.185 e. The molecule has 0 unspecified atom stereocenters. The van der Waals surface area contributed by atoms with E-state index in [4.69, 9.17) is 4.74 Å². The molecule has 2 rings (SSSR count). The number of ether oxygens (including phenoxy) is 1. The normalized spacial score (nSPS) is 14.8. The molecule has 1 aromatic heterocycles. The number of hydrogen-bond donors (Lipinski definition) is 1. The van der Waals surface area contributed by atoms with Crippen molar-refractivity contribution < 1.29 is 4.74 Å². The molecule has 0 spiro atoms. The number of hydrogen-bond acceptors (Lipinski definition) is 5. The van der Waals surface area contributed by atoms with E-state index in [-0.39, 0.29) is 0 Å². The predicted molar refractivity (Wildman–Crippen MR) is 80.9 cm³/mol. The zero-order valence-electron chi connectivity index (χ0n) is 12.0. The van der Waals surface area contributed by atoms with Crippen molar-refractivity contribution in [1.82, 2.24) is 10.3 Å². The van der Waals surface area contributed by atoms with Gasteiger partial charge in [0.05, 0.1) is 6.61 Å². The molecule has 1 saturated carbocycles. The van der Waals surface area contributed by atoms with E-state index in [2.05, 4.69) is 29.2 Å². The fraction of sp³-hybridized carbons (Fsp3) is 0.786. The minimum absolute atomic E-state index is 0.802. The zero-order valence-corrected chi connectivity index (χ0v) is 12.8. The summed E-state index contributed by atoms with van der Waals surface area (Å²) in [4.78, 5) is 7.95. The third kappa shape index (κ3) is 5.47. The third-order valence-corrected chi connectivity index (χ3v) is 4.33. The van der Waals surface area contributed by atoms with Gasteiger partial charge in [-0.1, -0.05) is 6.92 Å². The molecule has 1 N–H and O–H groups in total. The summed E-state index contributed by atoms with van der Waals surface area (Å²) < 4.78 is 5.66. The Morgan fingerprint density at radius 3 is 3.11 bits per heavy atom. The standard InChI is InChI=1S/C14H25N3OS/c1-3-6-15-9-13-10-16-14(19-13)17(2)7-8-18-11-12-4-5-12/h10,12,15H,3-9,11H2,1-2H3. The van der Waals surface area contributed by atoms with E-state index < -0.39 is 0 Å². The number of nitrogens with one attached hydrogen (secondary N) is 1. The molecule has 1 aliphatic rings. The highest BCUT2D eigenvalue weighted by molar-refractivity contribution is 7.15. The molecule has 0 atom stereocenters. The van der Waals surface area contributed by atoms with Crippen molar-refractivity contribution in [2.24, 2.45) is 5.92 Å². The maximum atomic E-state index is 5.66. The number of rotatable bonds is 10. The van der Waals surface area contributed by atoms with Crippen LogP contribution in [0.25, 0.3) is 0 Å². The lowest BCUT2D eigenvalue weighted by Crippen LogP contribution is -2.22. The van der Waals surface area contributed by atoms with Gasteiger partial charge in [-0.2, -0.15) is 0 Å². The van der Waals surface area contributed by atoms with E-state index in [0.29, 0.717) is 0 Å². The van der Waals surface area contributed by atoms with E-state index in [1.807, 2.05) is 6.20 Å². The predicted octanol–water partition coefficient (Wildman–Crippen LogP) is 2.51. The molecular weight excluding hydrogens is 258 g/mol. The Morgan fingerprint density at radius 2 is 2.37 bits per heavy atom. The maximum Gasteiger partial charge on any atom is 0.185 e. The summed E-state index contributed by atoms with van der Waals surface area (Å²) in [6.07, 6.45) is 5.86. The van der Waals surface area contributed by atoms with E-state index in [1.165, 1.54) is 24.1 Å². The van der Waals surface area contributed by atoms with Crippen LogP contribution in [0.4, 0.5) is 5.13 Å². The minimum atomic E-state index is 0.802. The lowest BCUT2D eigenvalue weighted by Gasteiger charge is -2.15. The van der Waals surface area contributed by atoms with Crippen molar-refractivity contribution >= 4 is 16.5 Å². The van der Waals surface area contributed by atoms with Gasteiger partial charge in [-0.05, 0) is 31.7 Å². The van der Waals surface area contributed by atoms with Crippen molar-refractivity contribution in [3.63, 3.8) is 0 Å². The molecular formula is C14H25N3OS. The Hall–Kier alpha value is -0.650. The lowest BCUT2D eigenvalue weighted by atomic mass is 10.4. The molecule has 0 aliphatic heterocycles. The summed E-state index contributed by atoms with van der Waals surface area (Å²) in [6, 6.07) is 0. The van der Waals surface area contributed by atoms with E-state index in [1.54, 1.807) is 11.3 Å². The number of anilines is 1. The first-order chi connectivity index (χ1) is 9.29. The molecule has 0 aromatic carbocycles. The van der Waals surface area contributed by atoms with Crippen LogP contribution in [0.15, 0.2) is 6.20 Å². The van der Waals surface area contributed by atoms with Crippen molar-refractivity contribution in [3.8, 4) is 0 Å². The Morgan fingerprint density at radius 1 is 1.53 bits per heavy atom. The van der Waals surface area contributed by atoms with Gasteiger partial charge in [-0.15, -0.1) is 11.3 Å². The molecule has 4 nitrogen and oxygen atoms in total. The number of nitrogens with zero attached hydrogens (tertiary/aromatic N) is 2. The second kappa shape index (κ2) is 7.82. The van der Waals surface area contributed by atoms with Crippen LogP contribution in [0, 0.1) is 5.92 Å². The van der Waals surface area contributed by atoms with Gasteiger partial charge in [0.1, 0.15) is 0 Å². The zero-order chi connectivity index (χ0) is 13.5. The number of likely N-dealkylation sites (N-methyl/N-ethyl adjacent to an activating group) is 1. The van der Waals surface area contributed by atoms with E-state index in [0.717, 1.165) is 43.9 Å². The van der Waals surface area contributed by atoms with Crippen LogP contribution >= 0.6 is 11.3 Å². The molecule has 1 aromatic rings. The van der Waals surface area contributed by atoms with Gasteiger partial charge in [0, 0.05) is 37.8 Å². The Labute approximate surface area is 120 Å². The summed E-state index contributed by atoms with van der Waals surface area (Å²) in [5.74, 6) is 0.849. The molecule has 5 heteroatoms. The molecule has 0 saturated heterocycles. The summed E-state index contributed by atoms with van der Waals surface area (Å²) in [5, 5.41) is 4.49. The first-order valence-corrected chi connectivity index (χ1v) is 8.05. The number of aromatic nitrogens is 1. The van der Waals surface area contributed by atoms with Gasteiger partial charge in [-0.25, -0.2) is 4.98 Å². The molecule has 19 heavy (non-hydrogen) atoms. The maximum absolute atomic E-state index is 5.66. The monoisotopic (exact) mass is 283 g/mol. The molecule has 0 bridgehead atoms. The summed E-state index contributed by atoms with van der Waals surface area (Å²) >= 11 is 1.76. The minimum Gasteiger partial charge on any atom is -0.379 e. The van der Waals surface area contributed by atoms with Crippen LogP contribution in [0.3, 0.4) is 0 Å². The van der Waals surface area contributed by atoms with Crippen molar-refractivity contribution in [3.05, 3.63) is 11.1 Å². The van der Waals surface area contributed by atoms with Crippen LogP contribution in [0.5, 0.6) is 0 Å². The Balaban J connectivity index is 1.64. The second-order valence-electron chi connectivity index (χ2n) is 5.23. The summed E-state index contributed by atoms with van der Waals surface area (Å²) in [7, 11) is 2.09. The van der Waals surface area contributed by atoms with Crippen molar-refractivity contribution in [1.29, 1.82) is 0 Å². The highest BCUT2D eigenvalue weighted by Crippen LogP contribution is 2.28. The molecule has 108 valence electrons. The fourth-order valence-corrected chi connectivity index (χ4v) is 2.64. The third-order valence-electron chi connectivity index (χ3n) is 3.22. The molecule has 0 radical (unpaired) electrons. The van der Waals surface area contributed by atoms with Gasteiger partial charge in [0.25, 0.3) is 0 Å². The quantitative estimate of drug-likeness (QED) is 0.670. The first-order valence-electron chi connectivity index (χ1n) is 7.24. The average Bonchev–Trinajstić information content (AvgIpc) is 3.12. The highest BCUT2D eigenvalue weighted by atomic mass is 32.1. The topological polar surface area (TPSA) is 37.4 Å². The second-order valence-corrected chi connectivity index (χ2v) is 6.32. The van der Waals surface area contributed by atoms with E-state index >= 15 is 0 Å². The lowest BCUT2D eigenvalue weighted by molar-refractivity contribution is 0.131. The highest BCUT2D eigenvalue weighted by Gasteiger charge is 2.21. The Bertz CT molecular complexity index is 365. The van der Waals surface area contributed by atoms with Gasteiger partial charge in [0.2, 0.25) is 0 Å². The average molecular weight is 283 g/mol. The molecule has 1 aliphatic carbocycles. The van der Waals surface area contributed by atoms with Crippen molar-refractivity contribution in [2.75, 3.05) is 38.3 Å². The SMILES string of the molecule is CCCNCc1cnc(N(C)CCOCC2CC2)s1. The van der Waals surface area contributed by atoms with Gasteiger partial charge in [0.15, 0.2) is 5.13 Å². The van der Waals surface area contributed by atoms with Crippen LogP contribution in [-0.4, -0.2) is 38.3 Å². The number of thiazole rings is 1. The van der Waals surface area contributed by atoms with Crippen LogP contribution in [-0.2, 0) is 11.3 Å². The summed E-state index contributed by atoms with van der Waals surface area (Å²) in [6.45, 7) is 6.84. The first kappa shape index (κ1) is 14.8. The largest absolute Gasteiger partial charge is 0.379 e. The van der Waals surface area contributed by atoms with E-state index in [9.17, 15) is 0 Å². The van der Waals surface area contributed by atoms with Crippen LogP contribution in [0.2, 0.25) is 0 Å². The summed E-state index contributed by atoms with van der Waals surface area (Å²) in [5.41, 5.74) is 0.